The molecule has 1 aliphatic rings. The highest BCUT2D eigenvalue weighted by atomic mass is 16.3. The van der Waals surface area contributed by atoms with E-state index in [1.165, 1.54) is 6.92 Å². The summed E-state index contributed by atoms with van der Waals surface area (Å²) in [4.78, 5) is 13.1. The zero-order valence-electron chi connectivity index (χ0n) is 8.71. The summed E-state index contributed by atoms with van der Waals surface area (Å²) in [6.07, 6.45) is 1.22. The summed E-state index contributed by atoms with van der Waals surface area (Å²) in [5.74, 6) is -0.129. The van der Waals surface area contributed by atoms with E-state index >= 15 is 0 Å². The third-order valence-corrected chi connectivity index (χ3v) is 2.79. The molecule has 0 aromatic carbocycles. The number of carbonyl (C=O) groups excluding carboxylic acids is 1. The van der Waals surface area contributed by atoms with Crippen LogP contribution in [0.1, 0.15) is 33.6 Å². The molecule has 1 atom stereocenters. The van der Waals surface area contributed by atoms with E-state index < -0.39 is 6.10 Å². The first-order chi connectivity index (χ1) is 5.92. The van der Waals surface area contributed by atoms with E-state index in [2.05, 4.69) is 13.8 Å². The van der Waals surface area contributed by atoms with Gasteiger partial charge >= 0.3 is 0 Å². The average molecular weight is 185 g/mol. The summed E-state index contributed by atoms with van der Waals surface area (Å²) >= 11 is 0. The van der Waals surface area contributed by atoms with Gasteiger partial charge in [-0.15, -0.1) is 0 Å². The Morgan fingerprint density at radius 2 is 1.85 bits per heavy atom. The highest BCUT2D eigenvalue weighted by Gasteiger charge is 2.28. The Kier molecular flexibility index (Phi) is 2.96. The number of hydrogen-bond acceptors (Lipinski definition) is 2. The maximum Gasteiger partial charge on any atom is 0.251 e. The molecular formula is C10H19NO2. The van der Waals surface area contributed by atoms with Gasteiger partial charge in [0.15, 0.2) is 0 Å². The van der Waals surface area contributed by atoms with Crippen LogP contribution in [0, 0.1) is 5.41 Å². The van der Waals surface area contributed by atoms with Crippen molar-refractivity contribution in [3.05, 3.63) is 0 Å². The van der Waals surface area contributed by atoms with Crippen molar-refractivity contribution in [2.75, 3.05) is 13.1 Å². The summed E-state index contributed by atoms with van der Waals surface area (Å²) < 4.78 is 0. The van der Waals surface area contributed by atoms with Crippen LogP contribution < -0.4 is 0 Å². The van der Waals surface area contributed by atoms with Crippen LogP contribution in [-0.2, 0) is 4.79 Å². The van der Waals surface area contributed by atoms with Gasteiger partial charge < -0.3 is 10.0 Å². The molecule has 1 saturated heterocycles. The summed E-state index contributed by atoms with van der Waals surface area (Å²) in [6.45, 7) is 7.55. The summed E-state index contributed by atoms with van der Waals surface area (Å²) in [5.41, 5.74) is 0.357. The predicted molar refractivity (Wildman–Crippen MR) is 51.3 cm³/mol. The molecule has 1 N–H and O–H groups in total. The van der Waals surface area contributed by atoms with Crippen molar-refractivity contribution >= 4 is 5.91 Å². The molecule has 0 radical (unpaired) electrons. The van der Waals surface area contributed by atoms with E-state index in [0.717, 1.165) is 25.9 Å². The summed E-state index contributed by atoms with van der Waals surface area (Å²) in [6, 6.07) is 0. The number of piperidine rings is 1. The van der Waals surface area contributed by atoms with Gasteiger partial charge in [-0.25, -0.2) is 0 Å². The molecule has 1 rings (SSSR count). The van der Waals surface area contributed by atoms with E-state index in [1.807, 2.05) is 0 Å². The van der Waals surface area contributed by atoms with Gasteiger partial charge in [-0.2, -0.15) is 0 Å². The predicted octanol–water partition coefficient (Wildman–Crippen LogP) is 1.02. The van der Waals surface area contributed by atoms with Gasteiger partial charge in [-0.05, 0) is 25.2 Å². The van der Waals surface area contributed by atoms with Crippen LogP contribution in [0.15, 0.2) is 0 Å². The topological polar surface area (TPSA) is 40.5 Å². The van der Waals surface area contributed by atoms with E-state index in [4.69, 9.17) is 5.11 Å². The Labute approximate surface area is 79.7 Å². The van der Waals surface area contributed by atoms with Gasteiger partial charge in [0.2, 0.25) is 0 Å². The second-order valence-corrected chi connectivity index (χ2v) is 4.67. The van der Waals surface area contributed by atoms with Crippen LogP contribution in [-0.4, -0.2) is 35.1 Å². The SMILES string of the molecule is C[C@H](O)C(=O)N1CCC(C)(C)CC1. The Morgan fingerprint density at radius 3 is 2.23 bits per heavy atom. The lowest BCUT2D eigenvalue weighted by molar-refractivity contribution is -0.141. The lowest BCUT2D eigenvalue weighted by Crippen LogP contribution is -2.44. The maximum absolute atomic E-state index is 11.4. The van der Waals surface area contributed by atoms with E-state index in [-0.39, 0.29) is 5.91 Å². The monoisotopic (exact) mass is 185 g/mol. The van der Waals surface area contributed by atoms with Gasteiger partial charge in [0.05, 0.1) is 0 Å². The highest BCUT2D eigenvalue weighted by Crippen LogP contribution is 2.29. The van der Waals surface area contributed by atoms with Crippen molar-refractivity contribution in [2.45, 2.75) is 39.7 Å². The molecule has 0 aromatic heterocycles. The first kappa shape index (κ1) is 10.5. The van der Waals surface area contributed by atoms with E-state index in [1.54, 1.807) is 4.90 Å². The van der Waals surface area contributed by atoms with Gasteiger partial charge in [-0.3, -0.25) is 4.79 Å². The molecule has 0 aliphatic carbocycles. The quantitative estimate of drug-likeness (QED) is 0.662. The fraction of sp³-hybridized carbons (Fsp3) is 0.900. The van der Waals surface area contributed by atoms with Crippen LogP contribution in [0.2, 0.25) is 0 Å². The van der Waals surface area contributed by atoms with Crippen molar-refractivity contribution < 1.29 is 9.90 Å². The molecule has 1 amide bonds. The lowest BCUT2D eigenvalue weighted by Gasteiger charge is -2.37. The van der Waals surface area contributed by atoms with Crippen LogP contribution in [0.4, 0.5) is 0 Å². The number of aliphatic hydroxyl groups is 1. The molecular weight excluding hydrogens is 166 g/mol. The van der Waals surface area contributed by atoms with Crippen molar-refractivity contribution in [3.8, 4) is 0 Å². The molecule has 1 fully saturated rings. The molecule has 13 heavy (non-hydrogen) atoms. The Balaban J connectivity index is 2.46. The van der Waals surface area contributed by atoms with Crippen LogP contribution >= 0.6 is 0 Å². The Morgan fingerprint density at radius 1 is 1.38 bits per heavy atom. The molecule has 76 valence electrons. The smallest absolute Gasteiger partial charge is 0.251 e. The first-order valence-electron chi connectivity index (χ1n) is 4.89. The van der Waals surface area contributed by atoms with Crippen molar-refractivity contribution in [1.29, 1.82) is 0 Å². The molecule has 0 bridgehead atoms. The standard InChI is InChI=1S/C10H19NO2/c1-8(12)9(13)11-6-4-10(2,3)5-7-11/h8,12H,4-7H2,1-3H3/t8-/m0/s1. The second kappa shape index (κ2) is 3.66. The number of amides is 1. The normalized spacial score (nSPS) is 24.2. The minimum Gasteiger partial charge on any atom is -0.384 e. The number of nitrogens with zero attached hydrogens (tertiary/aromatic N) is 1. The summed E-state index contributed by atoms with van der Waals surface area (Å²) in [5, 5.41) is 9.11. The Bertz CT molecular complexity index is 189. The fourth-order valence-electron chi connectivity index (χ4n) is 1.60. The van der Waals surface area contributed by atoms with Gasteiger partial charge in [0.25, 0.3) is 5.91 Å². The largest absolute Gasteiger partial charge is 0.384 e. The van der Waals surface area contributed by atoms with Crippen molar-refractivity contribution in [1.82, 2.24) is 4.90 Å². The van der Waals surface area contributed by atoms with Gasteiger partial charge in [0.1, 0.15) is 6.10 Å². The van der Waals surface area contributed by atoms with Gasteiger partial charge in [-0.1, -0.05) is 13.8 Å². The lowest BCUT2D eigenvalue weighted by atomic mass is 9.82. The molecule has 1 heterocycles. The molecule has 1 aliphatic heterocycles. The zero-order valence-corrected chi connectivity index (χ0v) is 8.71. The first-order valence-corrected chi connectivity index (χ1v) is 4.89. The highest BCUT2D eigenvalue weighted by molar-refractivity contribution is 5.80. The van der Waals surface area contributed by atoms with E-state index in [0.29, 0.717) is 5.41 Å². The number of rotatable bonds is 1. The van der Waals surface area contributed by atoms with Crippen LogP contribution in [0.25, 0.3) is 0 Å². The van der Waals surface area contributed by atoms with Gasteiger partial charge in [0, 0.05) is 13.1 Å². The van der Waals surface area contributed by atoms with Crippen LogP contribution in [0.3, 0.4) is 0 Å². The Hall–Kier alpha value is -0.570. The molecule has 3 heteroatoms. The number of likely N-dealkylation sites (tertiary alicyclic amines) is 1. The average Bonchev–Trinajstić information content (AvgIpc) is 2.03. The molecule has 0 saturated carbocycles. The number of aliphatic hydroxyl groups excluding tert-OH is 1. The third-order valence-electron chi connectivity index (χ3n) is 2.79. The minimum atomic E-state index is -0.846. The fourth-order valence-corrected chi connectivity index (χ4v) is 1.60. The van der Waals surface area contributed by atoms with Crippen molar-refractivity contribution in [2.24, 2.45) is 5.41 Å². The summed E-state index contributed by atoms with van der Waals surface area (Å²) in [7, 11) is 0. The second-order valence-electron chi connectivity index (χ2n) is 4.67. The molecule has 0 aromatic rings. The van der Waals surface area contributed by atoms with Crippen molar-refractivity contribution in [3.63, 3.8) is 0 Å². The minimum absolute atomic E-state index is 0.129. The third kappa shape index (κ3) is 2.69. The maximum atomic E-state index is 11.4. The zero-order chi connectivity index (χ0) is 10.1. The van der Waals surface area contributed by atoms with Crippen LogP contribution in [0.5, 0.6) is 0 Å². The molecule has 0 unspecified atom stereocenters. The molecule has 0 spiro atoms. The number of carbonyl (C=O) groups is 1. The number of hydrogen-bond donors (Lipinski definition) is 1. The van der Waals surface area contributed by atoms with E-state index in [9.17, 15) is 4.79 Å². The molecule has 3 nitrogen and oxygen atoms in total.